The zero-order valence-electron chi connectivity index (χ0n) is 12.6. The molecule has 2 aromatic rings. The molecule has 0 saturated carbocycles. The number of alkyl halides is 2. The summed E-state index contributed by atoms with van der Waals surface area (Å²) in [5, 5.41) is 6.61. The molecule has 1 aromatic heterocycles. The highest BCUT2D eigenvalue weighted by Gasteiger charge is 2.29. The van der Waals surface area contributed by atoms with Crippen LogP contribution in [0.15, 0.2) is 42.6 Å². The molecule has 1 aromatic carbocycles. The lowest BCUT2D eigenvalue weighted by Gasteiger charge is -2.29. The smallest absolute Gasteiger partial charge is 0.0630 e. The van der Waals surface area contributed by atoms with Crippen molar-refractivity contribution >= 4 is 31.9 Å². The van der Waals surface area contributed by atoms with E-state index in [1.165, 1.54) is 11.3 Å². The summed E-state index contributed by atoms with van der Waals surface area (Å²) in [5.74, 6) is 0. The maximum Gasteiger partial charge on any atom is 0.0630 e. The van der Waals surface area contributed by atoms with Crippen LogP contribution in [0.4, 0.5) is 0 Å². The van der Waals surface area contributed by atoms with E-state index in [4.69, 9.17) is 5.10 Å². The lowest BCUT2D eigenvalue weighted by molar-refractivity contribution is 0.377. The van der Waals surface area contributed by atoms with E-state index in [2.05, 4.69) is 88.3 Å². The maximum atomic E-state index is 4.71. The molecule has 0 N–H and O–H groups in total. The summed E-state index contributed by atoms with van der Waals surface area (Å²) in [5.41, 5.74) is 2.69. The van der Waals surface area contributed by atoms with Crippen molar-refractivity contribution < 1.29 is 0 Å². The van der Waals surface area contributed by atoms with Crippen LogP contribution in [0.2, 0.25) is 0 Å². The number of aromatic nitrogens is 2. The minimum atomic E-state index is 0.150. The van der Waals surface area contributed by atoms with Crippen molar-refractivity contribution in [2.75, 3.05) is 10.7 Å². The zero-order chi connectivity index (χ0) is 15.3. The second-order valence-corrected chi connectivity index (χ2v) is 7.11. The van der Waals surface area contributed by atoms with E-state index in [1.807, 2.05) is 4.68 Å². The minimum Gasteiger partial charge on any atom is -0.270 e. The predicted octanol–water partition coefficient (Wildman–Crippen LogP) is 5.03. The van der Waals surface area contributed by atoms with Gasteiger partial charge in [-0.3, -0.25) is 4.68 Å². The average Bonchev–Trinajstić information content (AvgIpc) is 2.96. The number of hydrogen-bond donors (Lipinski definition) is 0. The molecule has 0 aliphatic carbocycles. The fraction of sp³-hybridized carbons (Fsp3) is 0.471. The van der Waals surface area contributed by atoms with Crippen molar-refractivity contribution in [2.45, 2.75) is 32.7 Å². The third kappa shape index (κ3) is 4.43. The van der Waals surface area contributed by atoms with E-state index >= 15 is 0 Å². The fourth-order valence-electron chi connectivity index (χ4n) is 2.46. The summed E-state index contributed by atoms with van der Waals surface area (Å²) in [6.07, 6.45) is 4.09. The first-order chi connectivity index (χ1) is 10.1. The van der Waals surface area contributed by atoms with E-state index in [1.54, 1.807) is 0 Å². The molecule has 2 rings (SSSR count). The van der Waals surface area contributed by atoms with E-state index in [0.717, 1.165) is 23.5 Å². The number of benzene rings is 1. The molecular formula is C17H22Br2N2. The molecule has 0 unspecified atom stereocenters. The second-order valence-electron chi connectivity index (χ2n) is 5.99. The molecule has 0 amide bonds. The average molecular weight is 414 g/mol. The summed E-state index contributed by atoms with van der Waals surface area (Å²) < 4.78 is 2.03. The molecule has 0 fully saturated rings. The quantitative estimate of drug-likeness (QED) is 0.582. The van der Waals surface area contributed by atoms with Gasteiger partial charge >= 0.3 is 0 Å². The molecule has 0 atom stereocenters. The van der Waals surface area contributed by atoms with Gasteiger partial charge in [0.1, 0.15) is 0 Å². The molecule has 0 spiro atoms. The lowest BCUT2D eigenvalue weighted by atomic mass is 9.81. The SMILES string of the molecule is CC(C)n1ccc(CC(CBr)(CBr)Cc2ccccc2)n1. The highest BCUT2D eigenvalue weighted by atomic mass is 79.9. The van der Waals surface area contributed by atoms with Gasteiger partial charge in [-0.2, -0.15) is 5.10 Å². The summed E-state index contributed by atoms with van der Waals surface area (Å²) in [6.45, 7) is 4.31. The van der Waals surface area contributed by atoms with Gasteiger partial charge in [0.2, 0.25) is 0 Å². The molecule has 21 heavy (non-hydrogen) atoms. The summed E-state index contributed by atoms with van der Waals surface area (Å²) in [6, 6.07) is 13.2. The van der Waals surface area contributed by atoms with Gasteiger partial charge in [0.15, 0.2) is 0 Å². The Hall–Kier alpha value is -0.610. The highest BCUT2D eigenvalue weighted by molar-refractivity contribution is 9.09. The normalized spacial score (nSPS) is 12.0. The zero-order valence-corrected chi connectivity index (χ0v) is 15.8. The molecule has 0 saturated heterocycles. The maximum absolute atomic E-state index is 4.71. The largest absolute Gasteiger partial charge is 0.270 e. The molecule has 0 bridgehead atoms. The molecule has 1 heterocycles. The molecule has 0 radical (unpaired) electrons. The van der Waals surface area contributed by atoms with Gasteiger partial charge in [-0.05, 0) is 43.7 Å². The summed E-state index contributed by atoms with van der Waals surface area (Å²) >= 11 is 7.44. The first-order valence-electron chi connectivity index (χ1n) is 7.28. The van der Waals surface area contributed by atoms with Crippen LogP contribution in [0.5, 0.6) is 0 Å². The van der Waals surface area contributed by atoms with E-state index in [9.17, 15) is 0 Å². The molecule has 0 aliphatic heterocycles. The van der Waals surface area contributed by atoms with Crippen LogP contribution in [-0.2, 0) is 12.8 Å². The van der Waals surface area contributed by atoms with Crippen LogP contribution in [0.25, 0.3) is 0 Å². The van der Waals surface area contributed by atoms with Gasteiger partial charge in [-0.15, -0.1) is 0 Å². The summed E-state index contributed by atoms with van der Waals surface area (Å²) in [7, 11) is 0. The third-order valence-corrected chi connectivity index (χ3v) is 6.12. The Kier molecular flexibility index (Phi) is 6.06. The third-order valence-electron chi connectivity index (χ3n) is 3.74. The van der Waals surface area contributed by atoms with Crippen LogP contribution in [0.1, 0.15) is 31.1 Å². The number of hydrogen-bond acceptors (Lipinski definition) is 1. The standard InChI is InChI=1S/C17H22Br2N2/c1-14(2)21-9-8-16(20-21)11-17(12-18,13-19)10-15-6-4-3-5-7-15/h3-9,14H,10-13H2,1-2H3. The van der Waals surface area contributed by atoms with Crippen LogP contribution in [0, 0.1) is 5.41 Å². The molecule has 4 heteroatoms. The number of nitrogens with zero attached hydrogens (tertiary/aromatic N) is 2. The Balaban J connectivity index is 2.17. The topological polar surface area (TPSA) is 17.8 Å². The molecule has 2 nitrogen and oxygen atoms in total. The number of rotatable bonds is 7. The lowest BCUT2D eigenvalue weighted by Crippen LogP contribution is -2.30. The Labute approximate surface area is 144 Å². The first-order valence-corrected chi connectivity index (χ1v) is 9.53. The minimum absolute atomic E-state index is 0.150. The highest BCUT2D eigenvalue weighted by Crippen LogP contribution is 2.32. The van der Waals surface area contributed by atoms with E-state index in [0.29, 0.717) is 6.04 Å². The van der Waals surface area contributed by atoms with Gasteiger partial charge in [-0.25, -0.2) is 0 Å². The van der Waals surface area contributed by atoms with Crippen molar-refractivity contribution in [1.82, 2.24) is 9.78 Å². The van der Waals surface area contributed by atoms with Crippen molar-refractivity contribution in [1.29, 1.82) is 0 Å². The van der Waals surface area contributed by atoms with Crippen LogP contribution in [-0.4, -0.2) is 20.4 Å². The molecule has 114 valence electrons. The fourth-order valence-corrected chi connectivity index (χ4v) is 4.18. The van der Waals surface area contributed by atoms with Crippen molar-refractivity contribution in [3.8, 4) is 0 Å². The van der Waals surface area contributed by atoms with Crippen LogP contribution >= 0.6 is 31.9 Å². The van der Waals surface area contributed by atoms with E-state index < -0.39 is 0 Å². The van der Waals surface area contributed by atoms with E-state index in [-0.39, 0.29) is 5.41 Å². The van der Waals surface area contributed by atoms with Gasteiger partial charge in [0.25, 0.3) is 0 Å². The number of halogens is 2. The second kappa shape index (κ2) is 7.59. The Morgan fingerprint density at radius 1 is 1.05 bits per heavy atom. The van der Waals surface area contributed by atoms with Gasteiger partial charge in [0.05, 0.1) is 5.69 Å². The Bertz CT molecular complexity index is 545. The summed E-state index contributed by atoms with van der Waals surface area (Å²) in [4.78, 5) is 0. The van der Waals surface area contributed by atoms with Crippen LogP contribution < -0.4 is 0 Å². The Morgan fingerprint density at radius 3 is 2.24 bits per heavy atom. The van der Waals surface area contributed by atoms with Gasteiger partial charge in [-0.1, -0.05) is 62.2 Å². The van der Waals surface area contributed by atoms with Crippen molar-refractivity contribution in [3.05, 3.63) is 53.9 Å². The van der Waals surface area contributed by atoms with Crippen LogP contribution in [0.3, 0.4) is 0 Å². The van der Waals surface area contributed by atoms with Gasteiger partial charge < -0.3 is 0 Å². The van der Waals surface area contributed by atoms with Crippen molar-refractivity contribution in [3.63, 3.8) is 0 Å². The molecule has 0 aliphatic rings. The van der Waals surface area contributed by atoms with Gasteiger partial charge in [0, 0.05) is 22.9 Å². The monoisotopic (exact) mass is 412 g/mol. The predicted molar refractivity (Wildman–Crippen MR) is 96.5 cm³/mol. The Morgan fingerprint density at radius 2 is 1.71 bits per heavy atom. The van der Waals surface area contributed by atoms with Crippen molar-refractivity contribution in [2.24, 2.45) is 5.41 Å². The first kappa shape index (κ1) is 16.8. The molecular weight excluding hydrogens is 392 g/mol.